The molecule has 0 fully saturated rings. The average molecular weight is 410 g/mol. The van der Waals surface area contributed by atoms with Crippen molar-refractivity contribution < 1.29 is 13.2 Å². The average Bonchev–Trinajstić information content (AvgIpc) is 3.21. The van der Waals surface area contributed by atoms with Crippen molar-refractivity contribution in [1.29, 1.82) is 0 Å². The molecule has 0 spiro atoms. The van der Waals surface area contributed by atoms with Crippen LogP contribution in [0.25, 0.3) is 0 Å². The molecule has 0 aliphatic heterocycles. The van der Waals surface area contributed by atoms with Crippen LogP contribution < -0.4 is 4.31 Å². The first-order valence-electron chi connectivity index (χ1n) is 7.62. The molecular weight excluding hydrogens is 394 g/mol. The predicted octanol–water partition coefficient (Wildman–Crippen LogP) is 3.73. The van der Waals surface area contributed by atoms with Crippen molar-refractivity contribution >= 4 is 44.6 Å². The Kier molecular flexibility index (Phi) is 4.92. The third-order valence-electron chi connectivity index (χ3n) is 3.85. The molecule has 1 aromatic carbocycles. The number of aromatic nitrogens is 2. The number of hydrogen-bond donors (Lipinski definition) is 0. The smallest absolute Gasteiger partial charge is 0.269 e. The van der Waals surface area contributed by atoms with Crippen LogP contribution in [0.2, 0.25) is 5.02 Å². The van der Waals surface area contributed by atoms with E-state index in [2.05, 4.69) is 5.10 Å². The topological polar surface area (TPSA) is 72.3 Å². The molecule has 0 N–H and O–H groups in total. The number of carbonyl (C=O) groups excluding carboxylic acids is 1. The van der Waals surface area contributed by atoms with Gasteiger partial charge in [-0.05, 0) is 55.6 Å². The molecule has 3 rings (SSSR count). The second kappa shape index (κ2) is 6.86. The van der Waals surface area contributed by atoms with Gasteiger partial charge in [0, 0.05) is 17.8 Å². The van der Waals surface area contributed by atoms with Crippen molar-refractivity contribution in [1.82, 2.24) is 9.78 Å². The summed E-state index contributed by atoms with van der Waals surface area (Å²) in [5.41, 5.74) is 1.79. The molecule has 0 amide bonds. The lowest BCUT2D eigenvalue weighted by Gasteiger charge is -2.19. The zero-order valence-corrected chi connectivity index (χ0v) is 16.7. The molecule has 0 saturated heterocycles. The number of benzene rings is 1. The molecule has 0 radical (unpaired) electrons. The number of sulfonamides is 1. The first-order valence-corrected chi connectivity index (χ1v) is 10.3. The Labute approximate surface area is 160 Å². The van der Waals surface area contributed by atoms with Gasteiger partial charge in [-0.2, -0.15) is 5.10 Å². The van der Waals surface area contributed by atoms with Crippen molar-refractivity contribution in [3.05, 3.63) is 63.1 Å². The van der Waals surface area contributed by atoms with Crippen LogP contribution in [0.5, 0.6) is 0 Å². The van der Waals surface area contributed by atoms with Crippen molar-refractivity contribution in [2.45, 2.75) is 18.7 Å². The Morgan fingerprint density at radius 3 is 2.42 bits per heavy atom. The third kappa shape index (κ3) is 3.27. The summed E-state index contributed by atoms with van der Waals surface area (Å²) in [6.07, 6.45) is 0. The lowest BCUT2D eigenvalue weighted by atomic mass is 10.3. The highest BCUT2D eigenvalue weighted by molar-refractivity contribution is 7.93. The number of rotatable bonds is 4. The van der Waals surface area contributed by atoms with Crippen LogP contribution in [0.1, 0.15) is 21.1 Å². The second-order valence-electron chi connectivity index (χ2n) is 5.71. The minimum absolute atomic E-state index is 0.0440. The monoisotopic (exact) mass is 409 g/mol. The maximum atomic E-state index is 13.0. The molecular formula is C17H16ClN3O3S2. The van der Waals surface area contributed by atoms with E-state index in [1.807, 2.05) is 0 Å². The van der Waals surface area contributed by atoms with Gasteiger partial charge >= 0.3 is 0 Å². The fraction of sp³-hybridized carbons (Fsp3) is 0.176. The summed E-state index contributed by atoms with van der Waals surface area (Å²) >= 11 is 6.94. The van der Waals surface area contributed by atoms with Crippen molar-refractivity contribution in [2.24, 2.45) is 0 Å². The standard InChI is InChI=1S/C17H16ClN3O3S2/c1-11-10-12(2)21(19-11)17(22)16-15(8-9-25-16)26(23,24)20(3)14-6-4-13(18)5-7-14/h4-10H,1-3H3. The van der Waals surface area contributed by atoms with Crippen molar-refractivity contribution in [3.63, 3.8) is 0 Å². The Hall–Kier alpha value is -2.16. The van der Waals surface area contributed by atoms with Gasteiger partial charge in [-0.1, -0.05) is 11.6 Å². The van der Waals surface area contributed by atoms with Crippen LogP contribution >= 0.6 is 22.9 Å². The molecule has 9 heteroatoms. The Bertz CT molecular complexity index is 1070. The predicted molar refractivity (Wildman–Crippen MR) is 103 cm³/mol. The molecule has 3 aromatic rings. The summed E-state index contributed by atoms with van der Waals surface area (Å²) in [7, 11) is -2.47. The van der Waals surface area contributed by atoms with E-state index in [1.54, 1.807) is 49.6 Å². The molecule has 0 aliphatic carbocycles. The number of halogens is 1. The quantitative estimate of drug-likeness (QED) is 0.658. The molecule has 136 valence electrons. The number of thiophene rings is 1. The van der Waals surface area contributed by atoms with Gasteiger partial charge < -0.3 is 0 Å². The molecule has 0 unspecified atom stereocenters. The van der Waals surface area contributed by atoms with E-state index in [0.717, 1.165) is 15.6 Å². The van der Waals surface area contributed by atoms with Gasteiger partial charge in [0.1, 0.15) is 9.77 Å². The minimum Gasteiger partial charge on any atom is -0.269 e. The van der Waals surface area contributed by atoms with Crippen LogP contribution in [0, 0.1) is 13.8 Å². The normalized spacial score (nSPS) is 11.5. The Balaban J connectivity index is 2.02. The van der Waals surface area contributed by atoms with E-state index in [9.17, 15) is 13.2 Å². The highest BCUT2D eigenvalue weighted by atomic mass is 35.5. The summed E-state index contributed by atoms with van der Waals surface area (Å²) < 4.78 is 28.4. The number of hydrogen-bond acceptors (Lipinski definition) is 5. The number of anilines is 1. The van der Waals surface area contributed by atoms with Crippen LogP contribution in [-0.2, 0) is 10.0 Å². The number of carbonyl (C=O) groups is 1. The van der Waals surface area contributed by atoms with Crippen LogP contribution in [0.3, 0.4) is 0 Å². The molecule has 2 heterocycles. The van der Waals surface area contributed by atoms with Crippen LogP contribution in [-0.4, -0.2) is 31.2 Å². The van der Waals surface area contributed by atoms with E-state index in [0.29, 0.717) is 22.1 Å². The lowest BCUT2D eigenvalue weighted by molar-refractivity contribution is 0.0943. The van der Waals surface area contributed by atoms with Gasteiger partial charge in [0.25, 0.3) is 15.9 Å². The fourth-order valence-electron chi connectivity index (χ4n) is 2.52. The zero-order valence-electron chi connectivity index (χ0n) is 14.3. The van der Waals surface area contributed by atoms with Gasteiger partial charge in [-0.25, -0.2) is 13.1 Å². The molecule has 0 saturated carbocycles. The maximum Gasteiger partial charge on any atom is 0.289 e. The summed E-state index contributed by atoms with van der Waals surface area (Å²) in [6.45, 7) is 3.52. The SMILES string of the molecule is Cc1cc(C)n(C(=O)c2sccc2S(=O)(=O)N(C)c2ccc(Cl)cc2)n1. The van der Waals surface area contributed by atoms with E-state index in [4.69, 9.17) is 11.6 Å². The molecule has 0 atom stereocenters. The molecule has 0 aliphatic rings. The fourth-order valence-corrected chi connectivity index (χ4v) is 5.16. The number of aryl methyl sites for hydroxylation is 2. The molecule has 0 bridgehead atoms. The highest BCUT2D eigenvalue weighted by Gasteiger charge is 2.29. The van der Waals surface area contributed by atoms with Crippen LogP contribution in [0.4, 0.5) is 5.69 Å². The summed E-state index contributed by atoms with van der Waals surface area (Å²) in [5, 5.41) is 6.25. The van der Waals surface area contributed by atoms with E-state index >= 15 is 0 Å². The first kappa shape index (κ1) is 18.6. The molecule has 2 aromatic heterocycles. The highest BCUT2D eigenvalue weighted by Crippen LogP contribution is 2.29. The maximum absolute atomic E-state index is 13.0. The lowest BCUT2D eigenvalue weighted by Crippen LogP contribution is -2.28. The zero-order chi connectivity index (χ0) is 19.1. The number of nitrogens with zero attached hydrogens (tertiary/aromatic N) is 3. The third-order valence-corrected chi connectivity index (χ3v) is 6.97. The van der Waals surface area contributed by atoms with Gasteiger partial charge in [-0.3, -0.25) is 9.10 Å². The Morgan fingerprint density at radius 2 is 1.85 bits per heavy atom. The van der Waals surface area contributed by atoms with E-state index < -0.39 is 15.9 Å². The van der Waals surface area contributed by atoms with E-state index in [1.165, 1.54) is 17.8 Å². The molecule has 26 heavy (non-hydrogen) atoms. The Morgan fingerprint density at radius 1 is 1.19 bits per heavy atom. The van der Waals surface area contributed by atoms with Crippen LogP contribution in [0.15, 0.2) is 46.7 Å². The summed E-state index contributed by atoms with van der Waals surface area (Å²) in [4.78, 5) is 12.9. The second-order valence-corrected chi connectivity index (χ2v) is 9.00. The molecule has 6 nitrogen and oxygen atoms in total. The first-order chi connectivity index (χ1) is 12.2. The van der Waals surface area contributed by atoms with Gasteiger partial charge in [0.05, 0.1) is 11.4 Å². The largest absolute Gasteiger partial charge is 0.289 e. The summed E-state index contributed by atoms with van der Waals surface area (Å²) in [5.74, 6) is -0.464. The van der Waals surface area contributed by atoms with Gasteiger partial charge in [-0.15, -0.1) is 11.3 Å². The van der Waals surface area contributed by atoms with Crippen molar-refractivity contribution in [3.8, 4) is 0 Å². The van der Waals surface area contributed by atoms with Gasteiger partial charge in [0.15, 0.2) is 0 Å². The van der Waals surface area contributed by atoms with Crippen molar-refractivity contribution in [2.75, 3.05) is 11.4 Å². The van der Waals surface area contributed by atoms with E-state index in [-0.39, 0.29) is 9.77 Å². The van der Waals surface area contributed by atoms with Gasteiger partial charge in [0.2, 0.25) is 0 Å². The minimum atomic E-state index is -3.91. The summed E-state index contributed by atoms with van der Waals surface area (Å²) in [6, 6.07) is 9.63.